The van der Waals surface area contributed by atoms with E-state index in [4.69, 9.17) is 6.42 Å². The van der Waals surface area contributed by atoms with Crippen LogP contribution in [-0.2, 0) is 4.79 Å². The number of aromatic amines is 1. The summed E-state index contributed by atoms with van der Waals surface area (Å²) in [5.74, 6) is 2.47. The maximum Gasteiger partial charge on any atom is 0.257 e. The number of carbonyl (C=O) groups excluding carboxylic acids is 1. The molecule has 0 unspecified atom stereocenters. The first-order chi connectivity index (χ1) is 11.1. The molecule has 1 aliphatic heterocycles. The Bertz CT molecular complexity index is 870. The molecule has 0 saturated carbocycles. The molecule has 1 aromatic heterocycles. The molecule has 0 aliphatic carbocycles. The lowest BCUT2D eigenvalue weighted by Gasteiger charge is -2.24. The van der Waals surface area contributed by atoms with Crippen LogP contribution in [0.3, 0.4) is 0 Å². The summed E-state index contributed by atoms with van der Waals surface area (Å²) in [4.78, 5) is 31.4. The number of carbonyl (C=O) groups is 1. The summed E-state index contributed by atoms with van der Waals surface area (Å²) in [5, 5.41) is 12.6. The number of hydrogen-bond acceptors (Lipinski definition) is 5. The van der Waals surface area contributed by atoms with E-state index in [-0.39, 0.29) is 29.5 Å². The van der Waals surface area contributed by atoms with Gasteiger partial charge in [0, 0.05) is 12.3 Å². The molecule has 1 amide bonds. The number of fused-ring (bicyclic) bond motifs is 1. The van der Waals surface area contributed by atoms with Crippen molar-refractivity contribution in [3.8, 4) is 18.1 Å². The molecule has 0 spiro atoms. The van der Waals surface area contributed by atoms with Gasteiger partial charge in [-0.3, -0.25) is 9.59 Å². The fourth-order valence-electron chi connectivity index (χ4n) is 2.56. The predicted molar refractivity (Wildman–Crippen MR) is 87.6 cm³/mol. The lowest BCUT2D eigenvalue weighted by Crippen LogP contribution is -2.31. The molecule has 2 heterocycles. The molecule has 2 aromatic rings. The summed E-state index contributed by atoms with van der Waals surface area (Å²) in [6, 6.07) is 6.53. The van der Waals surface area contributed by atoms with Gasteiger partial charge in [-0.25, -0.2) is 4.98 Å². The van der Waals surface area contributed by atoms with Crippen molar-refractivity contribution in [2.24, 2.45) is 0 Å². The summed E-state index contributed by atoms with van der Waals surface area (Å²) in [6.07, 6.45) is 5.33. The van der Waals surface area contributed by atoms with E-state index in [0.717, 1.165) is 0 Å². The van der Waals surface area contributed by atoms with Gasteiger partial charge in [-0.05, 0) is 17.7 Å². The molecule has 23 heavy (non-hydrogen) atoms. The molecular formula is C16H13N3O3S. The zero-order chi connectivity index (χ0) is 16.4. The number of anilines is 1. The Kier molecular flexibility index (Phi) is 4.08. The second-order valence-electron chi connectivity index (χ2n) is 5.03. The SMILES string of the molecule is C#CCSc1nc2c(c(=O)[nH]1)[C@H](c1cccc(O)c1)CC(=O)N2. The number of aromatic hydroxyl groups is 1. The van der Waals surface area contributed by atoms with E-state index in [0.29, 0.717) is 22.0 Å². The maximum atomic E-state index is 12.4. The Hall–Kier alpha value is -2.72. The second-order valence-corrected chi connectivity index (χ2v) is 5.99. The van der Waals surface area contributed by atoms with Gasteiger partial charge in [-0.2, -0.15) is 0 Å². The number of amides is 1. The van der Waals surface area contributed by atoms with Gasteiger partial charge in [0.05, 0.1) is 11.3 Å². The third kappa shape index (κ3) is 3.07. The highest BCUT2D eigenvalue weighted by Gasteiger charge is 2.31. The molecule has 0 radical (unpaired) electrons. The Morgan fingerprint density at radius 1 is 1.43 bits per heavy atom. The van der Waals surface area contributed by atoms with Crippen LogP contribution in [0.15, 0.2) is 34.2 Å². The van der Waals surface area contributed by atoms with Crippen molar-refractivity contribution >= 4 is 23.5 Å². The van der Waals surface area contributed by atoms with Crippen molar-refractivity contribution in [3.05, 3.63) is 45.7 Å². The number of nitrogens with one attached hydrogen (secondary N) is 2. The fourth-order valence-corrected chi connectivity index (χ4v) is 3.10. The highest BCUT2D eigenvalue weighted by atomic mass is 32.2. The lowest BCUT2D eigenvalue weighted by molar-refractivity contribution is -0.116. The number of benzene rings is 1. The van der Waals surface area contributed by atoms with Crippen LogP contribution in [0.1, 0.15) is 23.5 Å². The zero-order valence-electron chi connectivity index (χ0n) is 12.0. The zero-order valence-corrected chi connectivity index (χ0v) is 12.8. The number of terminal acetylenes is 1. The Morgan fingerprint density at radius 2 is 2.26 bits per heavy atom. The molecule has 0 saturated heterocycles. The van der Waals surface area contributed by atoms with Crippen LogP contribution >= 0.6 is 11.8 Å². The normalized spacial score (nSPS) is 16.3. The molecule has 0 fully saturated rings. The van der Waals surface area contributed by atoms with Gasteiger partial charge in [-0.1, -0.05) is 29.8 Å². The monoisotopic (exact) mass is 327 g/mol. The highest BCUT2D eigenvalue weighted by molar-refractivity contribution is 7.99. The van der Waals surface area contributed by atoms with Gasteiger partial charge in [0.2, 0.25) is 5.91 Å². The van der Waals surface area contributed by atoms with Crippen LogP contribution in [0.2, 0.25) is 0 Å². The van der Waals surface area contributed by atoms with E-state index in [1.165, 1.54) is 17.8 Å². The number of phenolic OH excluding ortho intramolecular Hbond substituents is 1. The van der Waals surface area contributed by atoms with E-state index in [2.05, 4.69) is 21.2 Å². The molecule has 1 aromatic carbocycles. The predicted octanol–water partition coefficient (Wildman–Crippen LogP) is 1.67. The van der Waals surface area contributed by atoms with Gasteiger partial charge in [0.1, 0.15) is 11.6 Å². The van der Waals surface area contributed by atoms with Crippen LogP contribution in [0.5, 0.6) is 5.75 Å². The topological polar surface area (TPSA) is 95.1 Å². The summed E-state index contributed by atoms with van der Waals surface area (Å²) < 4.78 is 0. The molecule has 1 aliphatic rings. The van der Waals surface area contributed by atoms with E-state index in [1.54, 1.807) is 18.2 Å². The number of hydrogen-bond donors (Lipinski definition) is 3. The summed E-state index contributed by atoms with van der Waals surface area (Å²) in [6.45, 7) is 0. The first kappa shape index (κ1) is 15.2. The number of nitrogens with zero attached hydrogens (tertiary/aromatic N) is 1. The van der Waals surface area contributed by atoms with Crippen LogP contribution in [0.4, 0.5) is 5.82 Å². The average Bonchev–Trinajstić information content (AvgIpc) is 2.51. The third-order valence-electron chi connectivity index (χ3n) is 3.49. The Morgan fingerprint density at radius 3 is 3.00 bits per heavy atom. The van der Waals surface area contributed by atoms with Gasteiger partial charge in [-0.15, -0.1) is 6.42 Å². The maximum absolute atomic E-state index is 12.4. The van der Waals surface area contributed by atoms with Crippen LogP contribution < -0.4 is 10.9 Å². The molecule has 7 heteroatoms. The number of rotatable bonds is 3. The minimum atomic E-state index is -0.450. The van der Waals surface area contributed by atoms with Crippen molar-refractivity contribution in [2.45, 2.75) is 17.5 Å². The summed E-state index contributed by atoms with van der Waals surface area (Å²) >= 11 is 1.21. The van der Waals surface area contributed by atoms with Gasteiger partial charge in [0.25, 0.3) is 5.56 Å². The highest BCUT2D eigenvalue weighted by Crippen LogP contribution is 2.35. The largest absolute Gasteiger partial charge is 0.508 e. The Labute approximate surface area is 136 Å². The lowest BCUT2D eigenvalue weighted by atomic mass is 9.87. The Balaban J connectivity index is 2.09. The van der Waals surface area contributed by atoms with Crippen LogP contribution in [-0.4, -0.2) is 26.7 Å². The molecule has 0 bridgehead atoms. The van der Waals surface area contributed by atoms with Crippen molar-refractivity contribution in [2.75, 3.05) is 11.1 Å². The molecule has 6 nitrogen and oxygen atoms in total. The molecule has 116 valence electrons. The number of thioether (sulfide) groups is 1. The minimum absolute atomic E-state index is 0.0839. The van der Waals surface area contributed by atoms with Crippen molar-refractivity contribution < 1.29 is 9.90 Å². The first-order valence-electron chi connectivity index (χ1n) is 6.87. The third-order valence-corrected chi connectivity index (χ3v) is 4.27. The van der Waals surface area contributed by atoms with E-state index < -0.39 is 5.92 Å². The molecule has 1 atom stereocenters. The van der Waals surface area contributed by atoms with Crippen molar-refractivity contribution in [1.29, 1.82) is 0 Å². The summed E-state index contributed by atoms with van der Waals surface area (Å²) in [7, 11) is 0. The standard InChI is InChI=1S/C16H13N3O3S/c1-2-6-23-16-18-14-13(15(22)19-16)11(8-12(21)17-14)9-4-3-5-10(20)7-9/h1,3-5,7,11,20H,6,8H2,(H2,17,18,19,21,22)/t11-/m0/s1. The van der Waals surface area contributed by atoms with Crippen LogP contribution in [0, 0.1) is 12.3 Å². The first-order valence-corrected chi connectivity index (χ1v) is 7.86. The number of phenols is 1. The number of H-pyrrole nitrogens is 1. The van der Waals surface area contributed by atoms with E-state index in [1.807, 2.05) is 0 Å². The second kappa shape index (κ2) is 6.18. The quantitative estimate of drug-likeness (QED) is 0.453. The van der Waals surface area contributed by atoms with Gasteiger partial charge < -0.3 is 15.4 Å². The number of aromatic nitrogens is 2. The van der Waals surface area contributed by atoms with Gasteiger partial charge in [0.15, 0.2) is 5.16 Å². The van der Waals surface area contributed by atoms with Crippen molar-refractivity contribution in [1.82, 2.24) is 9.97 Å². The average molecular weight is 327 g/mol. The molecular weight excluding hydrogens is 314 g/mol. The van der Waals surface area contributed by atoms with Gasteiger partial charge >= 0.3 is 0 Å². The summed E-state index contributed by atoms with van der Waals surface area (Å²) in [5.41, 5.74) is 0.764. The molecule has 3 rings (SSSR count). The van der Waals surface area contributed by atoms with E-state index in [9.17, 15) is 14.7 Å². The van der Waals surface area contributed by atoms with Crippen LogP contribution in [0.25, 0.3) is 0 Å². The minimum Gasteiger partial charge on any atom is -0.508 e. The molecule has 3 N–H and O–H groups in total. The smallest absolute Gasteiger partial charge is 0.257 e. The van der Waals surface area contributed by atoms with Crippen molar-refractivity contribution in [3.63, 3.8) is 0 Å². The van der Waals surface area contributed by atoms with E-state index >= 15 is 0 Å². The fraction of sp³-hybridized carbons (Fsp3) is 0.188.